The highest BCUT2D eigenvalue weighted by atomic mass is 16.7. The summed E-state index contributed by atoms with van der Waals surface area (Å²) in [6.45, 7) is 3.78. The van der Waals surface area contributed by atoms with Crippen LogP contribution in [0, 0.1) is 0 Å². The quantitative estimate of drug-likeness (QED) is 0.754. The van der Waals surface area contributed by atoms with Gasteiger partial charge in [-0.3, -0.25) is 0 Å². The fourth-order valence-corrected chi connectivity index (χ4v) is 2.23. The summed E-state index contributed by atoms with van der Waals surface area (Å²) in [4.78, 5) is 10.6. The van der Waals surface area contributed by atoms with Crippen LogP contribution >= 0.6 is 0 Å². The molecule has 0 unspecified atom stereocenters. The Kier molecular flexibility index (Phi) is 3.60. The maximum atomic E-state index is 10.6. The fourth-order valence-electron chi connectivity index (χ4n) is 2.23. The molecule has 1 aliphatic rings. The molecule has 3 nitrogen and oxygen atoms in total. The van der Waals surface area contributed by atoms with Gasteiger partial charge in [-0.1, -0.05) is 30.3 Å². The van der Waals surface area contributed by atoms with Crippen LogP contribution < -0.4 is 0 Å². The molecule has 2 atom stereocenters. The SMILES string of the molecule is CC1(C)O[C@@H](CC=O)C[C@@H](c2ccccc2)O1. The van der Waals surface area contributed by atoms with Crippen molar-refractivity contribution in [1.82, 2.24) is 0 Å². The van der Waals surface area contributed by atoms with Crippen molar-refractivity contribution in [2.75, 3.05) is 0 Å². The molecule has 2 rings (SSSR count). The zero-order chi connectivity index (χ0) is 12.3. The van der Waals surface area contributed by atoms with Crippen molar-refractivity contribution < 1.29 is 14.3 Å². The predicted molar refractivity (Wildman–Crippen MR) is 64.5 cm³/mol. The number of hydrogen-bond acceptors (Lipinski definition) is 3. The molecule has 92 valence electrons. The van der Waals surface area contributed by atoms with E-state index in [2.05, 4.69) is 0 Å². The largest absolute Gasteiger partial charge is 0.347 e. The van der Waals surface area contributed by atoms with Crippen LogP contribution in [-0.2, 0) is 14.3 Å². The number of rotatable bonds is 3. The van der Waals surface area contributed by atoms with Crippen molar-refractivity contribution in [1.29, 1.82) is 0 Å². The molecule has 3 heteroatoms. The second-order valence-electron chi connectivity index (χ2n) is 4.79. The van der Waals surface area contributed by atoms with Gasteiger partial charge in [-0.2, -0.15) is 0 Å². The number of aldehydes is 1. The molecule has 0 amide bonds. The van der Waals surface area contributed by atoms with E-state index in [1.165, 1.54) is 0 Å². The second kappa shape index (κ2) is 4.98. The van der Waals surface area contributed by atoms with Crippen LogP contribution in [0.4, 0.5) is 0 Å². The summed E-state index contributed by atoms with van der Waals surface area (Å²) in [5.41, 5.74) is 1.14. The number of carbonyl (C=O) groups excluding carboxylic acids is 1. The first-order chi connectivity index (χ1) is 8.11. The minimum Gasteiger partial charge on any atom is -0.347 e. The van der Waals surface area contributed by atoms with E-state index in [4.69, 9.17) is 9.47 Å². The van der Waals surface area contributed by atoms with Crippen molar-refractivity contribution in [3.63, 3.8) is 0 Å². The van der Waals surface area contributed by atoms with E-state index in [0.29, 0.717) is 6.42 Å². The van der Waals surface area contributed by atoms with E-state index in [-0.39, 0.29) is 12.2 Å². The van der Waals surface area contributed by atoms with Gasteiger partial charge in [-0.15, -0.1) is 0 Å². The molecule has 0 saturated carbocycles. The predicted octanol–water partition coefficient (Wildman–Crippen LogP) is 2.86. The standard InChI is InChI=1S/C14H18O3/c1-14(2)16-12(8-9-15)10-13(17-14)11-6-4-3-5-7-11/h3-7,9,12-13H,8,10H2,1-2H3/t12-,13-/m0/s1. The average molecular weight is 234 g/mol. The highest BCUT2D eigenvalue weighted by molar-refractivity contribution is 5.50. The molecule has 1 aliphatic heterocycles. The topological polar surface area (TPSA) is 35.5 Å². The third-order valence-corrected chi connectivity index (χ3v) is 2.88. The Morgan fingerprint density at radius 3 is 2.65 bits per heavy atom. The summed E-state index contributed by atoms with van der Waals surface area (Å²) in [7, 11) is 0. The highest BCUT2D eigenvalue weighted by Gasteiger charge is 2.35. The minimum atomic E-state index is -0.633. The van der Waals surface area contributed by atoms with Gasteiger partial charge in [-0.05, 0) is 19.4 Å². The Morgan fingerprint density at radius 2 is 2.00 bits per heavy atom. The summed E-state index contributed by atoms with van der Waals surface area (Å²) in [6.07, 6.45) is 2.02. The molecule has 0 radical (unpaired) electrons. The van der Waals surface area contributed by atoms with Crippen molar-refractivity contribution in [2.24, 2.45) is 0 Å². The average Bonchev–Trinajstić information content (AvgIpc) is 2.28. The monoisotopic (exact) mass is 234 g/mol. The third kappa shape index (κ3) is 3.14. The molecule has 1 heterocycles. The normalized spacial score (nSPS) is 27.6. The van der Waals surface area contributed by atoms with Crippen molar-refractivity contribution in [3.8, 4) is 0 Å². The lowest BCUT2D eigenvalue weighted by Crippen LogP contribution is -2.41. The Morgan fingerprint density at radius 1 is 1.29 bits per heavy atom. The highest BCUT2D eigenvalue weighted by Crippen LogP contribution is 2.36. The molecular formula is C14H18O3. The molecule has 0 aromatic heterocycles. The van der Waals surface area contributed by atoms with Gasteiger partial charge < -0.3 is 14.3 Å². The van der Waals surface area contributed by atoms with Crippen LogP contribution in [0.3, 0.4) is 0 Å². The lowest BCUT2D eigenvalue weighted by molar-refractivity contribution is -0.301. The van der Waals surface area contributed by atoms with Crippen LogP contribution in [0.15, 0.2) is 30.3 Å². The van der Waals surface area contributed by atoms with E-state index < -0.39 is 5.79 Å². The molecule has 1 saturated heterocycles. The molecule has 17 heavy (non-hydrogen) atoms. The van der Waals surface area contributed by atoms with Gasteiger partial charge >= 0.3 is 0 Å². The molecule has 0 spiro atoms. The van der Waals surface area contributed by atoms with Crippen LogP contribution in [0.2, 0.25) is 0 Å². The lowest BCUT2D eigenvalue weighted by Gasteiger charge is -2.40. The molecule has 0 aliphatic carbocycles. The van der Waals surface area contributed by atoms with E-state index in [0.717, 1.165) is 18.3 Å². The van der Waals surface area contributed by atoms with Gasteiger partial charge in [0, 0.05) is 12.8 Å². The van der Waals surface area contributed by atoms with Gasteiger partial charge in [0.2, 0.25) is 0 Å². The van der Waals surface area contributed by atoms with Gasteiger partial charge in [0.15, 0.2) is 5.79 Å². The smallest absolute Gasteiger partial charge is 0.163 e. The number of benzene rings is 1. The zero-order valence-electron chi connectivity index (χ0n) is 10.3. The molecule has 0 N–H and O–H groups in total. The van der Waals surface area contributed by atoms with E-state index in [9.17, 15) is 4.79 Å². The number of carbonyl (C=O) groups is 1. The maximum Gasteiger partial charge on any atom is 0.163 e. The van der Waals surface area contributed by atoms with E-state index in [1.54, 1.807) is 0 Å². The number of hydrogen-bond donors (Lipinski definition) is 0. The summed E-state index contributed by atoms with van der Waals surface area (Å²) >= 11 is 0. The molecule has 1 aromatic carbocycles. The summed E-state index contributed by atoms with van der Waals surface area (Å²) < 4.78 is 11.6. The Balaban J connectivity index is 2.15. The van der Waals surface area contributed by atoms with E-state index >= 15 is 0 Å². The Bertz CT molecular complexity index is 372. The Hall–Kier alpha value is -1.19. The minimum absolute atomic E-state index is 0.00454. The van der Waals surface area contributed by atoms with Crippen LogP contribution in [0.5, 0.6) is 0 Å². The lowest BCUT2D eigenvalue weighted by atomic mass is 9.99. The van der Waals surface area contributed by atoms with Crippen LogP contribution in [0.1, 0.15) is 38.4 Å². The van der Waals surface area contributed by atoms with E-state index in [1.807, 2.05) is 44.2 Å². The first-order valence-corrected chi connectivity index (χ1v) is 5.95. The van der Waals surface area contributed by atoms with Crippen molar-refractivity contribution >= 4 is 6.29 Å². The molecule has 0 bridgehead atoms. The molecular weight excluding hydrogens is 216 g/mol. The van der Waals surface area contributed by atoms with Gasteiger partial charge in [0.1, 0.15) is 6.29 Å². The van der Waals surface area contributed by atoms with Crippen LogP contribution in [-0.4, -0.2) is 18.2 Å². The van der Waals surface area contributed by atoms with Gasteiger partial charge in [-0.25, -0.2) is 0 Å². The Labute approximate surface area is 102 Å². The van der Waals surface area contributed by atoms with Crippen LogP contribution in [0.25, 0.3) is 0 Å². The fraction of sp³-hybridized carbons (Fsp3) is 0.500. The maximum absolute atomic E-state index is 10.6. The van der Waals surface area contributed by atoms with Crippen molar-refractivity contribution in [3.05, 3.63) is 35.9 Å². The second-order valence-corrected chi connectivity index (χ2v) is 4.79. The molecule has 1 aromatic rings. The summed E-state index contributed by atoms with van der Waals surface area (Å²) in [5.74, 6) is -0.633. The third-order valence-electron chi connectivity index (χ3n) is 2.88. The van der Waals surface area contributed by atoms with Gasteiger partial charge in [0.25, 0.3) is 0 Å². The summed E-state index contributed by atoms with van der Waals surface area (Å²) in [5, 5.41) is 0. The number of ether oxygens (including phenoxy) is 2. The first-order valence-electron chi connectivity index (χ1n) is 5.95. The molecule has 1 fully saturated rings. The van der Waals surface area contributed by atoms with Gasteiger partial charge in [0.05, 0.1) is 12.2 Å². The first kappa shape index (κ1) is 12.3. The zero-order valence-corrected chi connectivity index (χ0v) is 10.3. The van der Waals surface area contributed by atoms with Crippen molar-refractivity contribution in [2.45, 2.75) is 44.7 Å². The summed E-state index contributed by atoms with van der Waals surface area (Å²) in [6, 6.07) is 10.1.